The van der Waals surface area contributed by atoms with E-state index in [-0.39, 0.29) is 11.8 Å². The van der Waals surface area contributed by atoms with Crippen LogP contribution in [0.1, 0.15) is 13.8 Å². The molecule has 1 amide bonds. The van der Waals surface area contributed by atoms with Gasteiger partial charge in [0.15, 0.2) is 12.5 Å². The Kier molecular flexibility index (Phi) is 8.49. The summed E-state index contributed by atoms with van der Waals surface area (Å²) in [6.45, 7) is 3.53. The van der Waals surface area contributed by atoms with Crippen molar-refractivity contribution in [3.63, 3.8) is 0 Å². The minimum Gasteiger partial charge on any atom is -0.369 e. The van der Waals surface area contributed by atoms with E-state index in [0.717, 1.165) is 0 Å². The molecule has 0 aliphatic rings. The monoisotopic (exact) mass is 135 g/mol. The first kappa shape index (κ1) is 10.5. The molecule has 0 aromatic heterocycles. The van der Waals surface area contributed by atoms with E-state index in [4.69, 9.17) is 9.94 Å². The number of amides is 1. The summed E-state index contributed by atoms with van der Waals surface area (Å²) in [4.78, 5) is 9.92. The molecule has 0 radical (unpaired) electrons. The zero-order valence-electron chi connectivity index (χ0n) is 4.88. The molecule has 0 aromatic rings. The lowest BCUT2D eigenvalue weighted by Crippen LogP contribution is -2.17. The number of hydrogen-bond donors (Lipinski definition) is 1. The summed E-state index contributed by atoms with van der Waals surface area (Å²) in [6, 6.07) is 0. The van der Waals surface area contributed by atoms with Gasteiger partial charge in [0.05, 0.1) is 0 Å². The van der Waals surface area contributed by atoms with Crippen LogP contribution < -0.4 is 5.73 Å². The first-order valence-corrected chi connectivity index (χ1v) is 2.44. The zero-order chi connectivity index (χ0) is 7.15. The first-order chi connectivity index (χ1) is 3.64. The topological polar surface area (TPSA) is 60.2 Å². The van der Waals surface area contributed by atoms with Gasteiger partial charge in [-0.3, -0.25) is 4.79 Å². The summed E-state index contributed by atoms with van der Waals surface area (Å²) in [5, 5.41) is 0. The van der Waals surface area contributed by atoms with Crippen molar-refractivity contribution in [3.8, 4) is 0 Å². The van der Waals surface area contributed by atoms with E-state index in [1.807, 2.05) is 0 Å². The fourth-order valence-corrected chi connectivity index (χ4v) is 0. The minimum absolute atomic E-state index is 0.00926. The Labute approximate surface area is 53.8 Å². The highest BCUT2D eigenvalue weighted by Crippen LogP contribution is 1.84. The number of hydrogen-bond acceptors (Lipinski definition) is 3. The van der Waals surface area contributed by atoms with Crippen LogP contribution in [-0.4, -0.2) is 10.1 Å². The molecule has 0 saturated carbocycles. The molecule has 4 heteroatoms. The molecule has 8 heavy (non-hydrogen) atoms. The second-order valence-corrected chi connectivity index (χ2v) is 1.56. The Morgan fingerprint density at radius 2 is 1.62 bits per heavy atom. The number of rotatable bonds is 1. The maximum absolute atomic E-state index is 9.92. The molecule has 3 nitrogen and oxygen atoms in total. The third-order valence-electron chi connectivity index (χ3n) is 0.569. The van der Waals surface area contributed by atoms with Gasteiger partial charge in [-0.2, -0.15) is 4.21 Å². The van der Waals surface area contributed by atoms with E-state index in [0.29, 0.717) is 0 Å². The number of primary amides is 1. The Balaban J connectivity index is 0. The fraction of sp³-hybridized carbons (Fsp3) is 0.750. The van der Waals surface area contributed by atoms with Crippen molar-refractivity contribution in [2.45, 2.75) is 13.8 Å². The van der Waals surface area contributed by atoms with E-state index in [1.54, 1.807) is 13.8 Å². The van der Waals surface area contributed by atoms with Gasteiger partial charge < -0.3 is 5.73 Å². The summed E-state index contributed by atoms with van der Waals surface area (Å²) in [5.74, 6) is -0.250. The molecule has 0 heterocycles. The minimum atomic E-state index is -0.241. The van der Waals surface area contributed by atoms with Crippen molar-refractivity contribution in [2.75, 3.05) is 0 Å². The predicted molar refractivity (Wildman–Crippen MR) is 32.2 cm³/mol. The van der Waals surface area contributed by atoms with Gasteiger partial charge in [-0.1, -0.05) is 13.8 Å². The smallest absolute Gasteiger partial charge is 0.219 e. The van der Waals surface area contributed by atoms with Crippen LogP contribution >= 0.6 is 0 Å². The predicted octanol–water partition coefficient (Wildman–Crippen LogP) is -0.209. The van der Waals surface area contributed by atoms with Crippen molar-refractivity contribution in [2.24, 2.45) is 11.7 Å². The molecule has 0 fully saturated rings. The number of carbonyl (C=O) groups is 1. The Bertz CT molecular complexity index is 74.4. The lowest BCUT2D eigenvalue weighted by molar-refractivity contribution is -0.120. The van der Waals surface area contributed by atoms with Crippen LogP contribution in [0.15, 0.2) is 0 Å². The highest BCUT2D eigenvalue weighted by atomic mass is 32.1. The Hall–Kier alpha value is -0.510. The van der Waals surface area contributed by atoms with E-state index in [1.165, 1.54) is 0 Å². The van der Waals surface area contributed by atoms with Crippen LogP contribution in [0.4, 0.5) is 0 Å². The van der Waals surface area contributed by atoms with Crippen LogP contribution in [0.2, 0.25) is 0 Å². The Morgan fingerprint density at radius 3 is 1.62 bits per heavy atom. The number of nitrogens with two attached hydrogens (primary N) is 1. The maximum atomic E-state index is 9.92. The van der Waals surface area contributed by atoms with E-state index >= 15 is 0 Å². The van der Waals surface area contributed by atoms with Crippen LogP contribution in [0.25, 0.3) is 0 Å². The van der Waals surface area contributed by atoms with Crippen molar-refractivity contribution < 1.29 is 9.00 Å². The molecule has 0 aliphatic carbocycles. The quantitative estimate of drug-likeness (QED) is 0.541. The Morgan fingerprint density at radius 1 is 1.50 bits per heavy atom. The normalized spacial score (nSPS) is 7.38. The molecule has 0 aromatic carbocycles. The maximum Gasteiger partial charge on any atom is 0.219 e. The van der Waals surface area contributed by atoms with Crippen LogP contribution in [-0.2, 0) is 17.3 Å². The highest BCUT2D eigenvalue weighted by Gasteiger charge is 1.96. The molecular formula is C4H9NO2S. The number of carbonyl (C=O) groups excluding carboxylic acids is 1. The lowest BCUT2D eigenvalue weighted by atomic mass is 10.2. The first-order valence-electron chi connectivity index (χ1n) is 2.10. The van der Waals surface area contributed by atoms with Gasteiger partial charge in [-0.05, 0) is 0 Å². The largest absolute Gasteiger partial charge is 0.369 e. The van der Waals surface area contributed by atoms with Gasteiger partial charge in [0.1, 0.15) is 0 Å². The second kappa shape index (κ2) is 6.49. The van der Waals surface area contributed by atoms with Gasteiger partial charge in [0.2, 0.25) is 5.91 Å². The van der Waals surface area contributed by atoms with E-state index in [2.05, 4.69) is 12.5 Å². The molecule has 2 N–H and O–H groups in total. The summed E-state index contributed by atoms with van der Waals surface area (Å²) >= 11 is 2.83. The van der Waals surface area contributed by atoms with Gasteiger partial charge in [0, 0.05) is 5.92 Å². The summed E-state index contributed by atoms with van der Waals surface area (Å²) in [7, 11) is 0. The molecule has 0 saturated heterocycles. The van der Waals surface area contributed by atoms with Crippen LogP contribution in [0, 0.1) is 5.92 Å². The SMILES string of the molecule is CC(C)C(N)=O.O=S. The van der Waals surface area contributed by atoms with E-state index in [9.17, 15) is 4.79 Å². The van der Waals surface area contributed by atoms with Gasteiger partial charge in [-0.25, -0.2) is 0 Å². The van der Waals surface area contributed by atoms with Crippen molar-refractivity contribution >= 4 is 18.4 Å². The average molecular weight is 135 g/mol. The standard InChI is InChI=1S/C4H9NO.OS/c1-3(2)4(5)6;1-2/h3H,1-2H3,(H2,5,6);. The summed E-state index contributed by atoms with van der Waals surface area (Å²) in [6.07, 6.45) is 0. The molecule has 0 spiro atoms. The van der Waals surface area contributed by atoms with Crippen LogP contribution in [0.5, 0.6) is 0 Å². The zero-order valence-corrected chi connectivity index (χ0v) is 5.70. The van der Waals surface area contributed by atoms with Crippen molar-refractivity contribution in [1.29, 1.82) is 0 Å². The third kappa shape index (κ3) is 9.09. The highest BCUT2D eigenvalue weighted by molar-refractivity contribution is 7.44. The van der Waals surface area contributed by atoms with E-state index < -0.39 is 0 Å². The molecule has 0 aliphatic heterocycles. The molecule has 0 bridgehead atoms. The van der Waals surface area contributed by atoms with Crippen molar-refractivity contribution in [3.05, 3.63) is 0 Å². The van der Waals surface area contributed by atoms with Gasteiger partial charge in [0.25, 0.3) is 0 Å². The second-order valence-electron chi connectivity index (χ2n) is 1.56. The fourth-order valence-electron chi connectivity index (χ4n) is 0. The van der Waals surface area contributed by atoms with Crippen LogP contribution in [0.3, 0.4) is 0 Å². The van der Waals surface area contributed by atoms with Gasteiger partial charge >= 0.3 is 0 Å². The lowest BCUT2D eigenvalue weighted by Gasteiger charge is -1.90. The average Bonchev–Trinajstić information content (AvgIpc) is 1.72. The molecule has 48 valence electrons. The molecule has 0 unspecified atom stereocenters. The summed E-state index contributed by atoms with van der Waals surface area (Å²) < 4.78 is 7.83. The molecule has 0 atom stereocenters. The molecule has 0 rings (SSSR count). The molecular weight excluding hydrogens is 126 g/mol. The third-order valence-corrected chi connectivity index (χ3v) is 0.569. The van der Waals surface area contributed by atoms with Gasteiger partial charge in [-0.15, -0.1) is 0 Å². The van der Waals surface area contributed by atoms with Crippen molar-refractivity contribution in [1.82, 2.24) is 0 Å². The summed E-state index contributed by atoms with van der Waals surface area (Å²) in [5.41, 5.74) is 4.80.